The number of amides is 1. The molecule has 1 aromatic rings. The number of hydrogen-bond donors (Lipinski definition) is 1. The van der Waals surface area contributed by atoms with Gasteiger partial charge < -0.3 is 10.0 Å². The average Bonchev–Trinajstić information content (AvgIpc) is 2.42. The van der Waals surface area contributed by atoms with Gasteiger partial charge in [0.15, 0.2) is 0 Å². The molecule has 4 nitrogen and oxygen atoms in total. The molecule has 0 spiro atoms. The van der Waals surface area contributed by atoms with Crippen molar-refractivity contribution in [3.63, 3.8) is 0 Å². The number of thioether (sulfide) groups is 1. The number of carbonyl (C=O) groups is 2. The number of fused-ring (bicyclic) bond motifs is 1. The largest absolute Gasteiger partial charge is 0.481 e. The van der Waals surface area contributed by atoms with Gasteiger partial charge in [-0.15, -0.1) is 0 Å². The second-order valence-corrected chi connectivity index (χ2v) is 5.64. The molecule has 0 bridgehead atoms. The second kappa shape index (κ2) is 5.97. The minimum atomic E-state index is -4.48. The molecule has 0 aromatic heterocycles. The van der Waals surface area contributed by atoms with Crippen LogP contribution in [0.2, 0.25) is 0 Å². The standard InChI is InChI=1S/C13H12F3NO3S/c14-13(15,16)21-7-11(18)17-5-8-3-1-2-4-9(8)10(6-17)12(19)20/h1-4,10H,5-7H2,(H,19,20). The second-order valence-electron chi connectivity index (χ2n) is 4.60. The van der Waals surface area contributed by atoms with Crippen LogP contribution >= 0.6 is 11.8 Å². The lowest BCUT2D eigenvalue weighted by molar-refractivity contribution is -0.141. The van der Waals surface area contributed by atoms with Gasteiger partial charge in [0.05, 0.1) is 11.7 Å². The van der Waals surface area contributed by atoms with E-state index in [2.05, 4.69) is 0 Å². The molecule has 114 valence electrons. The summed E-state index contributed by atoms with van der Waals surface area (Å²) in [5, 5.41) is 9.22. The van der Waals surface area contributed by atoms with E-state index in [0.29, 0.717) is 11.1 Å². The zero-order chi connectivity index (χ0) is 15.6. The highest BCUT2D eigenvalue weighted by Crippen LogP contribution is 2.32. The molecule has 0 saturated heterocycles. The van der Waals surface area contributed by atoms with Gasteiger partial charge in [0.25, 0.3) is 0 Å². The van der Waals surface area contributed by atoms with Gasteiger partial charge in [0.1, 0.15) is 0 Å². The number of aliphatic carboxylic acids is 1. The average molecular weight is 319 g/mol. The number of nitrogens with zero attached hydrogens (tertiary/aromatic N) is 1. The molecule has 0 saturated carbocycles. The van der Waals surface area contributed by atoms with Crippen molar-refractivity contribution in [2.45, 2.75) is 18.0 Å². The summed E-state index contributed by atoms with van der Waals surface area (Å²) in [5.74, 6) is -3.45. The number of carboxylic acid groups (broad SMARTS) is 1. The van der Waals surface area contributed by atoms with Crippen molar-refractivity contribution in [2.75, 3.05) is 12.3 Å². The maximum absolute atomic E-state index is 12.1. The maximum atomic E-state index is 12.1. The topological polar surface area (TPSA) is 57.6 Å². The molecule has 2 rings (SSSR count). The fourth-order valence-corrected chi connectivity index (χ4v) is 2.71. The Morgan fingerprint density at radius 1 is 1.33 bits per heavy atom. The third-order valence-corrected chi connectivity index (χ3v) is 3.92. The van der Waals surface area contributed by atoms with Crippen LogP contribution in [-0.2, 0) is 16.1 Å². The molecule has 1 heterocycles. The van der Waals surface area contributed by atoms with Gasteiger partial charge in [-0.05, 0) is 22.9 Å². The van der Waals surface area contributed by atoms with Crippen molar-refractivity contribution in [3.8, 4) is 0 Å². The fourth-order valence-electron chi connectivity index (χ4n) is 2.24. The number of hydrogen-bond acceptors (Lipinski definition) is 3. The summed E-state index contributed by atoms with van der Waals surface area (Å²) in [5.41, 5.74) is -3.21. The van der Waals surface area contributed by atoms with E-state index in [0.717, 1.165) is 0 Å². The van der Waals surface area contributed by atoms with Gasteiger partial charge in [-0.3, -0.25) is 9.59 Å². The van der Waals surface area contributed by atoms with Crippen LogP contribution < -0.4 is 0 Å². The molecule has 0 aliphatic carbocycles. The summed E-state index contributed by atoms with van der Waals surface area (Å²) in [4.78, 5) is 24.3. The number of carboxylic acids is 1. The molecule has 1 aromatic carbocycles. The van der Waals surface area contributed by atoms with Crippen LogP contribution in [0.4, 0.5) is 13.2 Å². The van der Waals surface area contributed by atoms with Gasteiger partial charge in [0.2, 0.25) is 5.91 Å². The van der Waals surface area contributed by atoms with Gasteiger partial charge >= 0.3 is 11.5 Å². The number of halogens is 3. The minimum absolute atomic E-state index is 0.108. The van der Waals surface area contributed by atoms with Gasteiger partial charge in [-0.2, -0.15) is 13.2 Å². The molecular formula is C13H12F3NO3S. The number of benzene rings is 1. The molecule has 1 aliphatic rings. The first-order valence-electron chi connectivity index (χ1n) is 6.07. The van der Waals surface area contributed by atoms with E-state index >= 15 is 0 Å². The summed E-state index contributed by atoms with van der Waals surface area (Å²) >= 11 is -0.412. The Labute approximate surface area is 122 Å². The smallest absolute Gasteiger partial charge is 0.442 e. The van der Waals surface area contributed by atoms with Crippen molar-refractivity contribution in [1.29, 1.82) is 0 Å². The zero-order valence-corrected chi connectivity index (χ0v) is 11.6. The summed E-state index contributed by atoms with van der Waals surface area (Å²) in [6.45, 7) is 0.0286. The SMILES string of the molecule is O=C(O)C1CN(C(=O)CSC(F)(F)F)Cc2ccccc21. The summed E-state index contributed by atoms with van der Waals surface area (Å²) in [7, 11) is 0. The monoisotopic (exact) mass is 319 g/mol. The van der Waals surface area contributed by atoms with Crippen LogP contribution in [0.15, 0.2) is 24.3 Å². The van der Waals surface area contributed by atoms with Crippen LogP contribution in [0, 0.1) is 0 Å². The van der Waals surface area contributed by atoms with Crippen LogP contribution in [-0.4, -0.2) is 39.7 Å². The first-order chi connectivity index (χ1) is 9.78. The number of carbonyl (C=O) groups excluding carboxylic acids is 1. The van der Waals surface area contributed by atoms with E-state index in [-0.39, 0.29) is 13.1 Å². The highest BCUT2D eigenvalue weighted by molar-refractivity contribution is 8.00. The molecule has 0 fully saturated rings. The van der Waals surface area contributed by atoms with Crippen LogP contribution in [0.3, 0.4) is 0 Å². The lowest BCUT2D eigenvalue weighted by atomic mass is 9.90. The Kier molecular flexibility index (Phi) is 4.46. The van der Waals surface area contributed by atoms with Crippen molar-refractivity contribution in [2.24, 2.45) is 0 Å². The van der Waals surface area contributed by atoms with E-state index in [1.807, 2.05) is 0 Å². The van der Waals surface area contributed by atoms with Gasteiger partial charge in [-0.1, -0.05) is 24.3 Å². The Morgan fingerprint density at radius 3 is 2.62 bits per heavy atom. The minimum Gasteiger partial charge on any atom is -0.481 e. The molecule has 8 heteroatoms. The lowest BCUT2D eigenvalue weighted by Gasteiger charge is -2.32. The highest BCUT2D eigenvalue weighted by Gasteiger charge is 2.34. The molecule has 1 N–H and O–H groups in total. The molecule has 1 atom stereocenters. The van der Waals surface area contributed by atoms with E-state index in [1.165, 1.54) is 4.90 Å². The lowest BCUT2D eigenvalue weighted by Crippen LogP contribution is -2.41. The fraction of sp³-hybridized carbons (Fsp3) is 0.385. The maximum Gasteiger partial charge on any atom is 0.442 e. The summed E-state index contributed by atoms with van der Waals surface area (Å²) in [6.07, 6.45) is 0. The Bertz CT molecular complexity index is 562. The quantitative estimate of drug-likeness (QED) is 0.930. The first-order valence-corrected chi connectivity index (χ1v) is 7.05. The van der Waals surface area contributed by atoms with E-state index in [1.54, 1.807) is 24.3 Å². The molecule has 21 heavy (non-hydrogen) atoms. The van der Waals surface area contributed by atoms with E-state index < -0.39 is 40.8 Å². The molecule has 1 aliphatic heterocycles. The summed E-state index contributed by atoms with van der Waals surface area (Å²) < 4.78 is 36.4. The molecule has 0 radical (unpaired) electrons. The van der Waals surface area contributed by atoms with Crippen LogP contribution in [0.5, 0.6) is 0 Å². The van der Waals surface area contributed by atoms with Crippen LogP contribution in [0.25, 0.3) is 0 Å². The normalized spacial score (nSPS) is 18.2. The highest BCUT2D eigenvalue weighted by atomic mass is 32.2. The van der Waals surface area contributed by atoms with Crippen LogP contribution in [0.1, 0.15) is 17.0 Å². The van der Waals surface area contributed by atoms with Gasteiger partial charge in [-0.25, -0.2) is 0 Å². The Morgan fingerprint density at radius 2 is 2.00 bits per heavy atom. The summed E-state index contributed by atoms with van der Waals surface area (Å²) in [6, 6.07) is 6.75. The van der Waals surface area contributed by atoms with E-state index in [4.69, 9.17) is 0 Å². The predicted molar refractivity (Wildman–Crippen MR) is 70.7 cm³/mol. The zero-order valence-electron chi connectivity index (χ0n) is 10.8. The third kappa shape index (κ3) is 3.90. The Balaban J connectivity index is 2.14. The third-order valence-electron chi connectivity index (χ3n) is 3.20. The molecule has 1 amide bonds. The van der Waals surface area contributed by atoms with Crippen molar-refractivity contribution >= 4 is 23.6 Å². The molecular weight excluding hydrogens is 307 g/mol. The van der Waals surface area contributed by atoms with Crippen molar-refractivity contribution < 1.29 is 27.9 Å². The first kappa shape index (κ1) is 15.7. The van der Waals surface area contributed by atoms with E-state index in [9.17, 15) is 27.9 Å². The predicted octanol–water partition coefficient (Wildman–Crippen LogP) is 2.45. The number of rotatable bonds is 3. The molecule has 1 unspecified atom stereocenters. The van der Waals surface area contributed by atoms with Crippen molar-refractivity contribution in [1.82, 2.24) is 4.90 Å². The Hall–Kier alpha value is -1.70. The van der Waals surface area contributed by atoms with Gasteiger partial charge in [0, 0.05) is 13.1 Å². The number of alkyl halides is 3. The van der Waals surface area contributed by atoms with Crippen molar-refractivity contribution in [3.05, 3.63) is 35.4 Å².